The van der Waals surface area contributed by atoms with Crippen LogP contribution in [0.25, 0.3) is 0 Å². The molecule has 1 saturated carbocycles. The highest BCUT2D eigenvalue weighted by Gasteiger charge is 2.45. The molecule has 0 radical (unpaired) electrons. The lowest BCUT2D eigenvalue weighted by molar-refractivity contribution is -0.123. The van der Waals surface area contributed by atoms with E-state index in [0.717, 1.165) is 24.0 Å². The first kappa shape index (κ1) is 12.8. The zero-order valence-corrected chi connectivity index (χ0v) is 11.1. The minimum atomic E-state index is -0.604. The number of amides is 1. The van der Waals surface area contributed by atoms with Crippen molar-refractivity contribution in [3.8, 4) is 0 Å². The number of hydrogen-bond acceptors (Lipinski definition) is 4. The second kappa shape index (κ2) is 5.05. The average Bonchev–Trinajstić information content (AvgIpc) is 3.01. The molecule has 2 aromatic rings. The molecule has 1 aromatic carbocycles. The van der Waals surface area contributed by atoms with Gasteiger partial charge in [0, 0.05) is 6.54 Å². The van der Waals surface area contributed by atoms with Gasteiger partial charge in [0.05, 0.1) is 12.1 Å². The molecule has 3 N–H and O–H groups in total. The first-order valence-electron chi connectivity index (χ1n) is 6.63. The van der Waals surface area contributed by atoms with Crippen LogP contribution in [0.15, 0.2) is 36.9 Å². The van der Waals surface area contributed by atoms with Crippen LogP contribution in [0, 0.1) is 0 Å². The molecule has 1 heterocycles. The van der Waals surface area contributed by atoms with Gasteiger partial charge in [0.1, 0.15) is 12.7 Å². The summed E-state index contributed by atoms with van der Waals surface area (Å²) in [6, 6.07) is 8.06. The maximum atomic E-state index is 11.7. The lowest BCUT2D eigenvalue weighted by Crippen LogP contribution is -2.42. The van der Waals surface area contributed by atoms with Crippen LogP contribution in [0.5, 0.6) is 0 Å². The van der Waals surface area contributed by atoms with Gasteiger partial charge in [-0.2, -0.15) is 5.10 Å². The first-order valence-corrected chi connectivity index (χ1v) is 6.63. The van der Waals surface area contributed by atoms with Gasteiger partial charge < -0.3 is 11.1 Å². The van der Waals surface area contributed by atoms with E-state index < -0.39 is 5.54 Å². The van der Waals surface area contributed by atoms with E-state index >= 15 is 0 Å². The Balaban J connectivity index is 1.54. The van der Waals surface area contributed by atoms with Crippen LogP contribution in [-0.2, 0) is 17.9 Å². The Morgan fingerprint density at radius 3 is 2.60 bits per heavy atom. The number of benzene rings is 1. The molecule has 0 saturated heterocycles. The van der Waals surface area contributed by atoms with Crippen molar-refractivity contribution in [2.24, 2.45) is 5.73 Å². The lowest BCUT2D eigenvalue weighted by Gasteiger charge is -2.10. The molecule has 20 heavy (non-hydrogen) atoms. The van der Waals surface area contributed by atoms with Gasteiger partial charge in [-0.1, -0.05) is 24.3 Å². The normalized spacial score (nSPS) is 15.8. The summed E-state index contributed by atoms with van der Waals surface area (Å²) in [7, 11) is 0. The summed E-state index contributed by atoms with van der Waals surface area (Å²) < 4.78 is 1.77. The van der Waals surface area contributed by atoms with Crippen molar-refractivity contribution < 1.29 is 4.79 Å². The van der Waals surface area contributed by atoms with Gasteiger partial charge in [0.2, 0.25) is 5.91 Å². The Kier molecular flexibility index (Phi) is 3.23. The number of carbonyl (C=O) groups excluding carboxylic acids is 1. The largest absolute Gasteiger partial charge is 0.350 e. The maximum absolute atomic E-state index is 11.7. The molecule has 104 valence electrons. The van der Waals surface area contributed by atoms with Gasteiger partial charge in [-0.15, -0.1) is 0 Å². The van der Waals surface area contributed by atoms with E-state index in [9.17, 15) is 4.79 Å². The quantitative estimate of drug-likeness (QED) is 0.826. The Hall–Kier alpha value is -2.21. The number of hydrogen-bond donors (Lipinski definition) is 2. The Labute approximate surface area is 117 Å². The standard InChI is InChI=1S/C14H17N5O/c15-14(5-6-14)13(20)17-7-11-1-3-12(4-2-11)8-19-10-16-9-18-19/h1-4,9-10H,5-8,15H2,(H,17,20). The summed E-state index contributed by atoms with van der Waals surface area (Å²) in [6.07, 6.45) is 4.78. The zero-order valence-electron chi connectivity index (χ0n) is 11.1. The minimum absolute atomic E-state index is 0.0517. The van der Waals surface area contributed by atoms with Gasteiger partial charge in [-0.3, -0.25) is 4.79 Å². The number of rotatable bonds is 5. The Morgan fingerprint density at radius 1 is 1.30 bits per heavy atom. The predicted molar refractivity (Wildman–Crippen MR) is 73.6 cm³/mol. The van der Waals surface area contributed by atoms with E-state index in [-0.39, 0.29) is 5.91 Å². The number of nitrogens with two attached hydrogens (primary N) is 1. The van der Waals surface area contributed by atoms with Crippen molar-refractivity contribution in [3.05, 3.63) is 48.0 Å². The number of carbonyl (C=O) groups is 1. The summed E-state index contributed by atoms with van der Waals surface area (Å²) in [5.41, 5.74) is 7.42. The third-order valence-electron chi connectivity index (χ3n) is 3.53. The molecule has 6 nitrogen and oxygen atoms in total. The molecule has 1 aromatic heterocycles. The lowest BCUT2D eigenvalue weighted by atomic mass is 10.1. The fraction of sp³-hybridized carbons (Fsp3) is 0.357. The number of nitrogens with one attached hydrogen (secondary N) is 1. The topological polar surface area (TPSA) is 85.8 Å². The molecule has 1 fully saturated rings. The van der Waals surface area contributed by atoms with Gasteiger partial charge in [-0.05, 0) is 24.0 Å². The van der Waals surface area contributed by atoms with E-state index in [2.05, 4.69) is 15.4 Å². The molecule has 1 amide bonds. The molecule has 0 spiro atoms. The van der Waals surface area contributed by atoms with Gasteiger partial charge in [-0.25, -0.2) is 9.67 Å². The molecule has 0 unspecified atom stereocenters. The third kappa shape index (κ3) is 2.85. The van der Waals surface area contributed by atoms with Crippen molar-refractivity contribution in [3.63, 3.8) is 0 Å². The zero-order chi connectivity index (χ0) is 14.0. The van der Waals surface area contributed by atoms with Crippen molar-refractivity contribution in [2.75, 3.05) is 0 Å². The summed E-state index contributed by atoms with van der Waals surface area (Å²) in [6.45, 7) is 1.21. The number of nitrogens with zero attached hydrogens (tertiary/aromatic N) is 3. The van der Waals surface area contributed by atoms with Gasteiger partial charge in [0.25, 0.3) is 0 Å². The Morgan fingerprint density at radius 2 is 2.00 bits per heavy atom. The van der Waals surface area contributed by atoms with E-state index in [1.54, 1.807) is 11.0 Å². The fourth-order valence-corrected chi connectivity index (χ4v) is 1.98. The highest BCUT2D eigenvalue weighted by Crippen LogP contribution is 2.32. The monoisotopic (exact) mass is 271 g/mol. The van der Waals surface area contributed by atoms with Crippen LogP contribution in [0.3, 0.4) is 0 Å². The van der Waals surface area contributed by atoms with Crippen LogP contribution < -0.4 is 11.1 Å². The molecule has 0 bridgehead atoms. The molecule has 0 aliphatic heterocycles. The summed E-state index contributed by atoms with van der Waals surface area (Å²) in [4.78, 5) is 15.6. The third-order valence-corrected chi connectivity index (χ3v) is 3.53. The van der Waals surface area contributed by atoms with Crippen molar-refractivity contribution in [1.29, 1.82) is 0 Å². The van der Waals surface area contributed by atoms with Crippen molar-refractivity contribution in [1.82, 2.24) is 20.1 Å². The molecule has 3 rings (SSSR count). The smallest absolute Gasteiger partial charge is 0.240 e. The second-order valence-electron chi connectivity index (χ2n) is 5.25. The fourth-order valence-electron chi connectivity index (χ4n) is 1.98. The summed E-state index contributed by atoms with van der Waals surface area (Å²) in [5.74, 6) is -0.0517. The summed E-state index contributed by atoms with van der Waals surface area (Å²) >= 11 is 0. The van der Waals surface area contributed by atoms with E-state index in [1.165, 1.54) is 6.33 Å². The van der Waals surface area contributed by atoms with Crippen LogP contribution >= 0.6 is 0 Å². The SMILES string of the molecule is NC1(C(=O)NCc2ccc(Cn3cncn3)cc2)CC1. The molecule has 1 aliphatic carbocycles. The van der Waals surface area contributed by atoms with Crippen LogP contribution in [0.1, 0.15) is 24.0 Å². The van der Waals surface area contributed by atoms with Gasteiger partial charge >= 0.3 is 0 Å². The minimum Gasteiger partial charge on any atom is -0.350 e. The summed E-state index contributed by atoms with van der Waals surface area (Å²) in [5, 5.41) is 6.94. The van der Waals surface area contributed by atoms with E-state index in [0.29, 0.717) is 13.1 Å². The number of aromatic nitrogens is 3. The predicted octanol–water partition coefficient (Wildman–Crippen LogP) is 0.434. The maximum Gasteiger partial charge on any atom is 0.240 e. The van der Waals surface area contributed by atoms with Gasteiger partial charge in [0.15, 0.2) is 0 Å². The van der Waals surface area contributed by atoms with E-state index in [1.807, 2.05) is 24.3 Å². The van der Waals surface area contributed by atoms with Crippen LogP contribution in [0.4, 0.5) is 0 Å². The highest BCUT2D eigenvalue weighted by atomic mass is 16.2. The Bertz CT molecular complexity index is 587. The second-order valence-corrected chi connectivity index (χ2v) is 5.25. The molecular weight excluding hydrogens is 254 g/mol. The highest BCUT2D eigenvalue weighted by molar-refractivity contribution is 5.88. The van der Waals surface area contributed by atoms with Crippen LogP contribution in [-0.4, -0.2) is 26.2 Å². The van der Waals surface area contributed by atoms with Crippen molar-refractivity contribution in [2.45, 2.75) is 31.5 Å². The average molecular weight is 271 g/mol. The van der Waals surface area contributed by atoms with Crippen LogP contribution in [0.2, 0.25) is 0 Å². The first-order chi connectivity index (χ1) is 9.66. The van der Waals surface area contributed by atoms with E-state index in [4.69, 9.17) is 5.73 Å². The molecule has 6 heteroatoms. The molecular formula is C14H17N5O. The van der Waals surface area contributed by atoms with Crippen molar-refractivity contribution >= 4 is 5.91 Å². The molecule has 1 aliphatic rings. The molecule has 0 atom stereocenters.